The third-order valence-electron chi connectivity index (χ3n) is 5.73. The second-order valence-corrected chi connectivity index (χ2v) is 7.81. The van der Waals surface area contributed by atoms with Crippen molar-refractivity contribution >= 4 is 6.03 Å². The molecule has 2 aliphatic carbocycles. The van der Waals surface area contributed by atoms with Gasteiger partial charge in [-0.2, -0.15) is 5.10 Å². The Morgan fingerprint density at radius 3 is 2.69 bits per heavy atom. The van der Waals surface area contributed by atoms with Crippen molar-refractivity contribution in [2.24, 2.45) is 0 Å². The molecule has 0 aliphatic heterocycles. The number of nitrogens with one attached hydrogen (secondary N) is 1. The minimum absolute atomic E-state index is 0.0286. The summed E-state index contributed by atoms with van der Waals surface area (Å²) in [4.78, 5) is 19.2. The van der Waals surface area contributed by atoms with Crippen LogP contribution >= 0.6 is 0 Å². The largest absolute Gasteiger partial charge is 0.332 e. The summed E-state index contributed by atoms with van der Waals surface area (Å²) in [6.07, 6.45) is 7.13. The summed E-state index contributed by atoms with van der Waals surface area (Å²) in [5, 5.41) is 7.97. The van der Waals surface area contributed by atoms with Crippen molar-refractivity contribution in [1.29, 1.82) is 0 Å². The van der Waals surface area contributed by atoms with E-state index in [1.165, 1.54) is 11.3 Å². The minimum Gasteiger partial charge on any atom is -0.332 e. The van der Waals surface area contributed by atoms with Gasteiger partial charge in [0.05, 0.1) is 30.2 Å². The van der Waals surface area contributed by atoms with Crippen LogP contribution in [0.1, 0.15) is 41.9 Å². The lowest BCUT2D eigenvalue weighted by Gasteiger charge is -2.22. The van der Waals surface area contributed by atoms with Crippen LogP contribution in [0.5, 0.6) is 0 Å². The fourth-order valence-corrected chi connectivity index (χ4v) is 4.12. The predicted molar refractivity (Wildman–Crippen MR) is 111 cm³/mol. The molecule has 2 amide bonds. The molecule has 3 aromatic rings. The molecule has 2 heterocycles. The van der Waals surface area contributed by atoms with Crippen molar-refractivity contribution < 1.29 is 4.79 Å². The van der Waals surface area contributed by atoms with E-state index in [1.54, 1.807) is 6.20 Å². The quantitative estimate of drug-likeness (QED) is 0.702. The number of hydrogen-bond donors (Lipinski definition) is 1. The summed E-state index contributed by atoms with van der Waals surface area (Å²) in [7, 11) is 0. The number of para-hydroxylation sites is 1. The molecule has 1 N–H and O–H groups in total. The second kappa shape index (κ2) is 7.70. The molecule has 0 spiro atoms. The number of fused-ring (bicyclic) bond motifs is 1. The second-order valence-electron chi connectivity index (χ2n) is 7.81. The lowest BCUT2D eigenvalue weighted by molar-refractivity contribution is 0.190. The van der Waals surface area contributed by atoms with E-state index in [9.17, 15) is 4.79 Å². The molecule has 0 radical (unpaired) electrons. The maximum absolute atomic E-state index is 12.9. The van der Waals surface area contributed by atoms with Crippen molar-refractivity contribution in [3.63, 3.8) is 0 Å². The van der Waals surface area contributed by atoms with Gasteiger partial charge in [-0.25, -0.2) is 9.48 Å². The molecule has 0 unspecified atom stereocenters. The van der Waals surface area contributed by atoms with Gasteiger partial charge in [-0.15, -0.1) is 0 Å². The van der Waals surface area contributed by atoms with Gasteiger partial charge >= 0.3 is 6.03 Å². The average Bonchev–Trinajstić information content (AvgIpc) is 3.38. The highest BCUT2D eigenvalue weighted by Crippen LogP contribution is 2.29. The van der Waals surface area contributed by atoms with E-state index >= 15 is 0 Å². The standard InChI is InChI=1S/C23H25N5O/c29-23(27(18-12-13-18)16-17-7-4-5-14-24-17)25-15-21-20-10-6-11-22(20)28(26-21)19-8-2-1-3-9-19/h1-5,7-9,14,18H,6,10-13,15-16H2,(H,25,29). The van der Waals surface area contributed by atoms with Crippen LogP contribution in [0.3, 0.4) is 0 Å². The number of carbonyl (C=O) groups is 1. The lowest BCUT2D eigenvalue weighted by Crippen LogP contribution is -2.41. The Morgan fingerprint density at radius 1 is 1.10 bits per heavy atom. The molecule has 148 valence electrons. The molecule has 6 nitrogen and oxygen atoms in total. The van der Waals surface area contributed by atoms with E-state index in [1.807, 2.05) is 41.3 Å². The Hall–Kier alpha value is -3.15. The van der Waals surface area contributed by atoms with Gasteiger partial charge in [-0.05, 0) is 61.9 Å². The molecule has 2 aliphatic rings. The summed E-state index contributed by atoms with van der Waals surface area (Å²) in [6.45, 7) is 1.01. The zero-order valence-corrected chi connectivity index (χ0v) is 16.4. The Balaban J connectivity index is 1.31. The number of rotatable bonds is 6. The molecule has 6 heteroatoms. The molecular formula is C23H25N5O. The summed E-state index contributed by atoms with van der Waals surface area (Å²) >= 11 is 0. The van der Waals surface area contributed by atoms with Gasteiger partial charge in [-0.1, -0.05) is 24.3 Å². The SMILES string of the molecule is O=C(NCc1nn(-c2ccccc2)c2c1CCC2)N(Cc1ccccn1)C1CC1. The number of carbonyl (C=O) groups excluding carboxylic acids is 1. The first-order chi connectivity index (χ1) is 14.3. The topological polar surface area (TPSA) is 63.1 Å². The van der Waals surface area contributed by atoms with Gasteiger partial charge < -0.3 is 10.2 Å². The molecule has 1 saturated carbocycles. The normalized spacial score (nSPS) is 15.2. The van der Waals surface area contributed by atoms with Crippen LogP contribution in [0.2, 0.25) is 0 Å². The Bertz CT molecular complexity index is 995. The van der Waals surface area contributed by atoms with Crippen LogP contribution in [0.15, 0.2) is 54.7 Å². The van der Waals surface area contributed by atoms with Crippen molar-refractivity contribution in [3.05, 3.63) is 77.4 Å². The fraction of sp³-hybridized carbons (Fsp3) is 0.348. The van der Waals surface area contributed by atoms with E-state index in [2.05, 4.69) is 27.1 Å². The first kappa shape index (κ1) is 17.9. The van der Waals surface area contributed by atoms with Crippen molar-refractivity contribution in [1.82, 2.24) is 25.0 Å². The van der Waals surface area contributed by atoms with Crippen molar-refractivity contribution in [2.75, 3.05) is 0 Å². The first-order valence-corrected chi connectivity index (χ1v) is 10.4. The van der Waals surface area contributed by atoms with E-state index < -0.39 is 0 Å². The number of nitrogens with zero attached hydrogens (tertiary/aromatic N) is 4. The highest BCUT2D eigenvalue weighted by Gasteiger charge is 2.33. The highest BCUT2D eigenvalue weighted by molar-refractivity contribution is 5.75. The van der Waals surface area contributed by atoms with Gasteiger partial charge in [0.25, 0.3) is 0 Å². The van der Waals surface area contributed by atoms with Gasteiger partial charge in [0.15, 0.2) is 0 Å². The molecule has 2 aromatic heterocycles. The maximum atomic E-state index is 12.9. The lowest BCUT2D eigenvalue weighted by atomic mass is 10.2. The molecule has 29 heavy (non-hydrogen) atoms. The summed E-state index contributed by atoms with van der Waals surface area (Å²) in [5.74, 6) is 0. The first-order valence-electron chi connectivity index (χ1n) is 10.4. The van der Waals surface area contributed by atoms with Crippen LogP contribution in [0.25, 0.3) is 5.69 Å². The smallest absolute Gasteiger partial charge is 0.318 e. The third kappa shape index (κ3) is 3.75. The van der Waals surface area contributed by atoms with E-state index in [0.717, 1.165) is 49.2 Å². The number of benzene rings is 1. The molecule has 1 aromatic carbocycles. The average molecular weight is 387 g/mol. The van der Waals surface area contributed by atoms with Crippen LogP contribution in [0.4, 0.5) is 4.79 Å². The fourth-order valence-electron chi connectivity index (χ4n) is 4.12. The van der Waals surface area contributed by atoms with E-state index in [4.69, 9.17) is 5.10 Å². The van der Waals surface area contributed by atoms with Gasteiger partial charge in [0.2, 0.25) is 0 Å². The minimum atomic E-state index is -0.0286. The number of pyridine rings is 1. The number of urea groups is 1. The van der Waals surface area contributed by atoms with E-state index in [0.29, 0.717) is 19.1 Å². The van der Waals surface area contributed by atoms with E-state index in [-0.39, 0.29) is 6.03 Å². The zero-order valence-electron chi connectivity index (χ0n) is 16.4. The van der Waals surface area contributed by atoms with Crippen LogP contribution in [-0.2, 0) is 25.9 Å². The third-order valence-corrected chi connectivity index (χ3v) is 5.73. The summed E-state index contributed by atoms with van der Waals surface area (Å²) < 4.78 is 2.05. The molecule has 5 rings (SSSR count). The monoisotopic (exact) mass is 387 g/mol. The maximum Gasteiger partial charge on any atom is 0.318 e. The van der Waals surface area contributed by atoms with Crippen molar-refractivity contribution in [3.8, 4) is 5.69 Å². The van der Waals surface area contributed by atoms with Gasteiger partial charge in [0.1, 0.15) is 0 Å². The Morgan fingerprint density at radius 2 is 1.93 bits per heavy atom. The molecule has 1 fully saturated rings. The molecular weight excluding hydrogens is 362 g/mol. The van der Waals surface area contributed by atoms with Crippen LogP contribution in [-0.4, -0.2) is 31.7 Å². The Labute approximate surface area is 170 Å². The number of aromatic nitrogens is 3. The van der Waals surface area contributed by atoms with Gasteiger partial charge in [-0.3, -0.25) is 4.98 Å². The number of hydrogen-bond acceptors (Lipinski definition) is 3. The summed E-state index contributed by atoms with van der Waals surface area (Å²) in [6, 6.07) is 16.4. The summed E-state index contributed by atoms with van der Waals surface area (Å²) in [5.41, 5.74) is 5.58. The van der Waals surface area contributed by atoms with Crippen LogP contribution < -0.4 is 5.32 Å². The molecule has 0 saturated heterocycles. The van der Waals surface area contributed by atoms with Crippen LogP contribution in [0, 0.1) is 0 Å². The molecule has 0 bridgehead atoms. The van der Waals surface area contributed by atoms with Crippen molar-refractivity contribution in [2.45, 2.75) is 51.2 Å². The molecule has 0 atom stereocenters. The highest BCUT2D eigenvalue weighted by atomic mass is 16.2. The zero-order chi connectivity index (χ0) is 19.6. The van der Waals surface area contributed by atoms with Gasteiger partial charge in [0, 0.05) is 17.9 Å². The predicted octanol–water partition coefficient (Wildman–Crippen LogP) is 3.63. The Kier molecular flexibility index (Phi) is 4.76. The number of amides is 2.